The molecule has 0 aromatic heterocycles. The summed E-state index contributed by atoms with van der Waals surface area (Å²) in [5.74, 6) is 0.680. The van der Waals surface area contributed by atoms with Crippen LogP contribution in [-0.4, -0.2) is 9.15 Å². The Morgan fingerprint density at radius 3 is 1.56 bits per heavy atom. The molecule has 0 aliphatic rings. The van der Waals surface area contributed by atoms with E-state index in [0.717, 1.165) is 0 Å². The van der Waals surface area contributed by atoms with E-state index in [-0.39, 0.29) is 4.32 Å². The molecule has 0 saturated carbocycles. The van der Waals surface area contributed by atoms with Crippen LogP contribution in [0.4, 0.5) is 0 Å². The average molecular weight is 258 g/mol. The molecule has 0 bridgehead atoms. The van der Waals surface area contributed by atoms with Gasteiger partial charge in [0, 0.05) is 9.15 Å². The summed E-state index contributed by atoms with van der Waals surface area (Å²) in [6.07, 6.45) is 0. The quantitative estimate of drug-likeness (QED) is 0.664. The third-order valence-corrected chi connectivity index (χ3v) is 4.55. The fraction of sp³-hybridized carbons (Fsp3) is 1.00. The summed E-state index contributed by atoms with van der Waals surface area (Å²) < 4.78 is 0.209. The number of alkyl halides is 2. The first kappa shape index (κ1) is 9.96. The van der Waals surface area contributed by atoms with Crippen molar-refractivity contribution in [3.63, 3.8) is 0 Å². The van der Waals surface area contributed by atoms with Gasteiger partial charge in [0.15, 0.2) is 0 Å². The lowest BCUT2D eigenvalue weighted by Gasteiger charge is -2.26. The minimum absolute atomic E-state index is 0.209. The van der Waals surface area contributed by atoms with Gasteiger partial charge in [-0.1, -0.05) is 45.7 Å². The smallest absolute Gasteiger partial charge is 0.0329 e. The first-order valence-electron chi connectivity index (χ1n) is 3.18. The average Bonchev–Trinajstić information content (AvgIpc) is 1.62. The van der Waals surface area contributed by atoms with E-state index in [1.807, 2.05) is 0 Å². The molecular formula is C7H14Br2. The van der Waals surface area contributed by atoms with Gasteiger partial charge in [0.05, 0.1) is 0 Å². The molecule has 0 fully saturated rings. The van der Waals surface area contributed by atoms with Crippen molar-refractivity contribution in [1.29, 1.82) is 0 Å². The van der Waals surface area contributed by atoms with Crippen LogP contribution in [0.3, 0.4) is 0 Å². The highest BCUT2D eigenvalue weighted by Crippen LogP contribution is 2.31. The summed E-state index contributed by atoms with van der Waals surface area (Å²) in [6.45, 7) is 8.77. The standard InChI is InChI=1S/C7H14Br2/c1-5(2)6(8)7(3,4)9/h5-6H,1-4H3. The predicted octanol–water partition coefficient (Wildman–Crippen LogP) is 3.58. The Hall–Kier alpha value is 0.960. The second kappa shape index (κ2) is 3.38. The highest BCUT2D eigenvalue weighted by atomic mass is 79.9. The van der Waals surface area contributed by atoms with Crippen molar-refractivity contribution in [3.05, 3.63) is 0 Å². The molecule has 0 aromatic rings. The second-order valence-electron chi connectivity index (χ2n) is 3.21. The molecular weight excluding hydrogens is 244 g/mol. The van der Waals surface area contributed by atoms with Gasteiger partial charge in [-0.25, -0.2) is 0 Å². The topological polar surface area (TPSA) is 0 Å². The van der Waals surface area contributed by atoms with Crippen LogP contribution in [-0.2, 0) is 0 Å². The molecule has 0 spiro atoms. The summed E-state index contributed by atoms with van der Waals surface area (Å²) in [5, 5.41) is 0. The monoisotopic (exact) mass is 256 g/mol. The highest BCUT2D eigenvalue weighted by molar-refractivity contribution is 9.12. The van der Waals surface area contributed by atoms with E-state index in [1.54, 1.807) is 0 Å². The van der Waals surface area contributed by atoms with Gasteiger partial charge in [0.25, 0.3) is 0 Å². The number of hydrogen-bond donors (Lipinski definition) is 0. The van der Waals surface area contributed by atoms with Crippen molar-refractivity contribution in [2.45, 2.75) is 36.8 Å². The molecule has 0 radical (unpaired) electrons. The molecule has 2 heteroatoms. The van der Waals surface area contributed by atoms with Crippen LogP contribution in [0.15, 0.2) is 0 Å². The second-order valence-corrected chi connectivity index (χ2v) is 6.24. The van der Waals surface area contributed by atoms with Gasteiger partial charge in [-0.2, -0.15) is 0 Å². The van der Waals surface area contributed by atoms with Crippen molar-refractivity contribution in [3.8, 4) is 0 Å². The zero-order valence-corrected chi connectivity index (χ0v) is 9.58. The summed E-state index contributed by atoms with van der Waals surface area (Å²) >= 11 is 7.21. The van der Waals surface area contributed by atoms with Crippen molar-refractivity contribution >= 4 is 31.9 Å². The van der Waals surface area contributed by atoms with E-state index in [2.05, 4.69) is 59.6 Å². The molecule has 1 unspecified atom stereocenters. The van der Waals surface area contributed by atoms with Crippen LogP contribution in [0.5, 0.6) is 0 Å². The molecule has 9 heavy (non-hydrogen) atoms. The largest absolute Gasteiger partial charge is 0.0873 e. The van der Waals surface area contributed by atoms with Crippen LogP contribution in [0, 0.1) is 5.92 Å². The molecule has 0 aliphatic heterocycles. The van der Waals surface area contributed by atoms with Crippen LogP contribution in [0.2, 0.25) is 0 Å². The maximum atomic E-state index is 3.62. The van der Waals surface area contributed by atoms with Crippen molar-refractivity contribution in [1.82, 2.24) is 0 Å². The predicted molar refractivity (Wildman–Crippen MR) is 50.6 cm³/mol. The van der Waals surface area contributed by atoms with Crippen LogP contribution in [0.25, 0.3) is 0 Å². The Balaban J connectivity index is 3.88. The van der Waals surface area contributed by atoms with Crippen molar-refractivity contribution in [2.24, 2.45) is 5.92 Å². The fourth-order valence-electron chi connectivity index (χ4n) is 0.793. The number of rotatable bonds is 2. The van der Waals surface area contributed by atoms with Gasteiger partial charge in [-0.05, 0) is 19.8 Å². The van der Waals surface area contributed by atoms with E-state index in [4.69, 9.17) is 0 Å². The van der Waals surface area contributed by atoms with E-state index in [9.17, 15) is 0 Å². The zero-order valence-electron chi connectivity index (χ0n) is 6.41. The Bertz CT molecular complexity index is 81.4. The summed E-state index contributed by atoms with van der Waals surface area (Å²) in [4.78, 5) is 0.546. The lowest BCUT2D eigenvalue weighted by atomic mass is 10.0. The minimum Gasteiger partial charge on any atom is -0.0873 e. The maximum absolute atomic E-state index is 3.62. The summed E-state index contributed by atoms with van der Waals surface area (Å²) in [5.41, 5.74) is 0. The highest BCUT2D eigenvalue weighted by Gasteiger charge is 2.25. The zero-order chi connectivity index (χ0) is 7.65. The van der Waals surface area contributed by atoms with Gasteiger partial charge < -0.3 is 0 Å². The molecule has 0 aromatic carbocycles. The molecule has 0 nitrogen and oxygen atoms in total. The van der Waals surface area contributed by atoms with Gasteiger partial charge in [0.2, 0.25) is 0 Å². The summed E-state index contributed by atoms with van der Waals surface area (Å²) in [6, 6.07) is 0. The molecule has 1 atom stereocenters. The van der Waals surface area contributed by atoms with Crippen LogP contribution < -0.4 is 0 Å². The van der Waals surface area contributed by atoms with Gasteiger partial charge >= 0.3 is 0 Å². The first-order chi connectivity index (χ1) is 3.85. The number of halogens is 2. The maximum Gasteiger partial charge on any atom is 0.0329 e. The number of hydrogen-bond acceptors (Lipinski definition) is 0. The normalized spacial score (nSPS) is 16.3. The van der Waals surface area contributed by atoms with E-state index < -0.39 is 0 Å². The Morgan fingerprint density at radius 2 is 1.56 bits per heavy atom. The van der Waals surface area contributed by atoms with Gasteiger partial charge in [0.1, 0.15) is 0 Å². The molecule has 56 valence electrons. The van der Waals surface area contributed by atoms with Gasteiger partial charge in [-0.15, -0.1) is 0 Å². The summed E-state index contributed by atoms with van der Waals surface area (Å²) in [7, 11) is 0. The van der Waals surface area contributed by atoms with E-state index in [1.165, 1.54) is 0 Å². The van der Waals surface area contributed by atoms with E-state index >= 15 is 0 Å². The molecule has 0 aliphatic carbocycles. The molecule has 0 rings (SSSR count). The lowest BCUT2D eigenvalue weighted by molar-refractivity contribution is 0.536. The Labute approximate surface area is 74.7 Å². The van der Waals surface area contributed by atoms with E-state index in [0.29, 0.717) is 10.7 Å². The van der Waals surface area contributed by atoms with Crippen LogP contribution >= 0.6 is 31.9 Å². The van der Waals surface area contributed by atoms with Crippen LogP contribution in [0.1, 0.15) is 27.7 Å². The Kier molecular flexibility index (Phi) is 3.74. The lowest BCUT2D eigenvalue weighted by Crippen LogP contribution is -2.28. The Morgan fingerprint density at radius 1 is 1.22 bits per heavy atom. The molecule has 0 amide bonds. The fourth-order valence-corrected chi connectivity index (χ4v) is 1.32. The third-order valence-electron chi connectivity index (χ3n) is 1.24. The molecule has 0 N–H and O–H groups in total. The molecule has 0 saturated heterocycles. The van der Waals surface area contributed by atoms with Gasteiger partial charge in [-0.3, -0.25) is 0 Å². The van der Waals surface area contributed by atoms with Crippen molar-refractivity contribution in [2.75, 3.05) is 0 Å². The van der Waals surface area contributed by atoms with Crippen molar-refractivity contribution < 1.29 is 0 Å². The first-order valence-corrected chi connectivity index (χ1v) is 4.89. The SMILES string of the molecule is CC(C)C(Br)C(C)(C)Br. The third kappa shape index (κ3) is 3.61. The minimum atomic E-state index is 0.209. The molecule has 0 heterocycles.